The van der Waals surface area contributed by atoms with E-state index in [0.717, 1.165) is 57.3 Å². The first-order valence-corrected chi connectivity index (χ1v) is 24.1. The summed E-state index contributed by atoms with van der Waals surface area (Å²) in [6.45, 7) is 21.1. The van der Waals surface area contributed by atoms with E-state index in [2.05, 4.69) is 77.9 Å². The van der Waals surface area contributed by atoms with Crippen LogP contribution in [0.2, 0.25) is 0 Å². The Morgan fingerprint density at radius 3 is 2.14 bits per heavy atom. The number of carboxylic acid groups (broad SMARTS) is 1. The number of aryl methyl sites for hydroxylation is 1. The van der Waals surface area contributed by atoms with Gasteiger partial charge in [0.05, 0.1) is 24.9 Å². The second-order valence-electron chi connectivity index (χ2n) is 21.3. The van der Waals surface area contributed by atoms with Crippen molar-refractivity contribution in [2.75, 3.05) is 45.2 Å². The molecule has 0 spiro atoms. The number of carbonyl (C=O) groups is 6. The Morgan fingerprint density at radius 2 is 1.55 bits per heavy atom. The van der Waals surface area contributed by atoms with Crippen molar-refractivity contribution in [2.45, 2.75) is 162 Å². The Labute approximate surface area is 405 Å². The van der Waals surface area contributed by atoms with Crippen molar-refractivity contribution >= 4 is 41.4 Å². The molecule has 5 amide bonds. The summed E-state index contributed by atoms with van der Waals surface area (Å²) in [5.74, 6) is -4.10. The minimum atomic E-state index is -1.86. The highest BCUT2D eigenvalue weighted by molar-refractivity contribution is 5.98. The number of amides is 5. The molecular weight excluding hydrogens is 895 g/mol. The summed E-state index contributed by atoms with van der Waals surface area (Å²) in [4.78, 5) is 75.2. The highest BCUT2D eigenvalue weighted by atomic mass is 16.6. The lowest BCUT2D eigenvalue weighted by molar-refractivity contribution is -0.251. The van der Waals surface area contributed by atoms with Gasteiger partial charge in [-0.3, -0.25) is 19.2 Å². The summed E-state index contributed by atoms with van der Waals surface area (Å²) < 4.78 is 18.0. The Morgan fingerprint density at radius 1 is 0.884 bits per heavy atom. The molecule has 9 atom stereocenters. The number of carboxylic acids is 1. The first-order chi connectivity index (χ1) is 32.2. The third kappa shape index (κ3) is 13.9. The van der Waals surface area contributed by atoms with E-state index in [1.807, 2.05) is 0 Å². The van der Waals surface area contributed by atoms with Gasteiger partial charge in [0.15, 0.2) is 6.10 Å². The van der Waals surface area contributed by atoms with Gasteiger partial charge in [0.1, 0.15) is 37.0 Å². The van der Waals surface area contributed by atoms with Gasteiger partial charge in [-0.1, -0.05) is 47.3 Å². The van der Waals surface area contributed by atoms with Crippen LogP contribution in [-0.4, -0.2) is 154 Å². The van der Waals surface area contributed by atoms with Crippen molar-refractivity contribution in [1.29, 1.82) is 0 Å². The monoisotopic (exact) mass is 972 g/mol. The summed E-state index contributed by atoms with van der Waals surface area (Å²) in [5.41, 5.74) is 2.34. The van der Waals surface area contributed by atoms with Crippen molar-refractivity contribution in [3.05, 3.63) is 41.6 Å². The fourth-order valence-corrected chi connectivity index (χ4v) is 12.2. The molecule has 0 radical (unpaired) electrons. The minimum absolute atomic E-state index is 0.0406. The molecule has 1 heterocycles. The van der Waals surface area contributed by atoms with Crippen LogP contribution in [0.25, 0.3) is 0 Å². The number of anilines is 1. The van der Waals surface area contributed by atoms with E-state index in [9.17, 15) is 49.2 Å². The van der Waals surface area contributed by atoms with Gasteiger partial charge < -0.3 is 66.2 Å². The lowest BCUT2D eigenvalue weighted by Crippen LogP contribution is -2.66. The lowest BCUT2D eigenvalue weighted by Gasteiger charge is -2.69. The molecule has 4 bridgehead atoms. The van der Waals surface area contributed by atoms with Crippen molar-refractivity contribution in [1.82, 2.24) is 31.3 Å². The fraction of sp³-hybridized carbons (Fsp3) is 0.714. The van der Waals surface area contributed by atoms with Gasteiger partial charge in [-0.05, 0) is 111 Å². The molecular formula is C49H77N7O13. The van der Waals surface area contributed by atoms with Crippen LogP contribution in [0.1, 0.15) is 111 Å². The van der Waals surface area contributed by atoms with E-state index >= 15 is 0 Å². The number of benzene rings is 1. The quantitative estimate of drug-likeness (QED) is 0.0563. The predicted molar refractivity (Wildman–Crippen MR) is 254 cm³/mol. The first kappa shape index (κ1) is 55.1. The second-order valence-corrected chi connectivity index (χ2v) is 21.3. The molecule has 1 aliphatic heterocycles. The zero-order chi connectivity index (χ0) is 51.2. The maximum absolute atomic E-state index is 13.4. The number of aliphatic carboxylic acids is 1. The third-order valence-corrected chi connectivity index (χ3v) is 14.2. The number of aliphatic hydroxyl groups excluding tert-OH is 3. The summed E-state index contributed by atoms with van der Waals surface area (Å²) in [6.07, 6.45) is -2.64. The highest BCUT2D eigenvalue weighted by Gasteiger charge is 2.66. The standard InChI is InChI=1S/C49H77N7O13/c1-11-55(10)56(29(4)5)27-48-22-46(8)21-47(9,23-48)25-49(24-46,26-48)68-17-16-50-45(66)67-20-33-12-14-34(18-32(33)13-15-35-38(59)39(60)40(61)41(69-35)44(64)65)53-42(62)30(6)52-43(63)37(28(2)3)54-36(58)19-51-31(7)57/h12,14,18,28,30,35,37-41,59-61H,4,11,13,15-17,19-27H2,1-3,5-10H3,(H,50,66)(H,51,57)(H,52,63)(H,53,62)(H,54,58)(H,64,65)/t30-,35-,37-,38-,39+,40-,41-,46?,47?,48?,49?/m0/s1. The number of nitrogens with zero attached hydrogens (tertiary/aromatic N) is 2. The first-order valence-electron chi connectivity index (χ1n) is 24.1. The van der Waals surface area contributed by atoms with Crippen LogP contribution in [0.4, 0.5) is 10.5 Å². The van der Waals surface area contributed by atoms with Crippen molar-refractivity contribution in [2.24, 2.45) is 22.2 Å². The van der Waals surface area contributed by atoms with E-state index in [1.165, 1.54) is 13.8 Å². The van der Waals surface area contributed by atoms with Crippen LogP contribution >= 0.6 is 0 Å². The molecule has 20 nitrogen and oxygen atoms in total. The van der Waals surface area contributed by atoms with Gasteiger partial charge in [0.2, 0.25) is 23.6 Å². The number of hydrazine groups is 1. The minimum Gasteiger partial charge on any atom is -0.479 e. The van der Waals surface area contributed by atoms with Crippen molar-refractivity contribution in [3.63, 3.8) is 0 Å². The van der Waals surface area contributed by atoms with Gasteiger partial charge >= 0.3 is 12.1 Å². The number of carbonyl (C=O) groups excluding carboxylic acids is 5. The van der Waals surface area contributed by atoms with Crippen LogP contribution in [0.15, 0.2) is 30.5 Å². The molecule has 4 aliphatic carbocycles. The Bertz CT molecular complexity index is 2050. The van der Waals surface area contributed by atoms with Crippen LogP contribution < -0.4 is 26.6 Å². The average molecular weight is 972 g/mol. The molecule has 6 rings (SSSR count). The third-order valence-electron chi connectivity index (χ3n) is 14.2. The molecule has 1 saturated heterocycles. The molecule has 386 valence electrons. The van der Waals surface area contributed by atoms with Crippen LogP contribution in [-0.2, 0) is 51.2 Å². The number of allylic oxidation sites excluding steroid dienone is 1. The summed E-state index contributed by atoms with van der Waals surface area (Å²) >= 11 is 0. The fourth-order valence-electron chi connectivity index (χ4n) is 12.2. The van der Waals surface area contributed by atoms with Crippen LogP contribution in [0.3, 0.4) is 0 Å². The van der Waals surface area contributed by atoms with Gasteiger partial charge in [0, 0.05) is 45.0 Å². The molecule has 5 fully saturated rings. The van der Waals surface area contributed by atoms with Crippen LogP contribution in [0.5, 0.6) is 0 Å². The Balaban J connectivity index is 1.23. The highest BCUT2D eigenvalue weighted by Crippen LogP contribution is 2.71. The number of rotatable bonds is 23. The predicted octanol–water partition coefficient (Wildman–Crippen LogP) is 2.34. The number of alkyl carbamates (subject to hydrolysis) is 1. The van der Waals surface area contributed by atoms with Crippen molar-refractivity contribution < 1.29 is 63.4 Å². The molecule has 9 N–H and O–H groups in total. The molecule has 0 aromatic heterocycles. The van der Waals surface area contributed by atoms with Gasteiger partial charge in [0.25, 0.3) is 0 Å². The molecule has 5 aliphatic rings. The Hall–Kier alpha value is -4.86. The largest absolute Gasteiger partial charge is 0.479 e. The number of ether oxygens (including phenoxy) is 3. The molecule has 1 aromatic rings. The smallest absolute Gasteiger partial charge is 0.407 e. The average Bonchev–Trinajstić information content (AvgIpc) is 3.24. The maximum atomic E-state index is 13.4. The summed E-state index contributed by atoms with van der Waals surface area (Å²) in [6, 6.07) is 2.71. The van der Waals surface area contributed by atoms with E-state index in [4.69, 9.17) is 14.2 Å². The maximum Gasteiger partial charge on any atom is 0.407 e. The van der Waals surface area contributed by atoms with Crippen LogP contribution in [0, 0.1) is 22.2 Å². The normalized spacial score (nSPS) is 30.0. The summed E-state index contributed by atoms with van der Waals surface area (Å²) in [7, 11) is 2.10. The molecule has 2 unspecified atom stereocenters. The van der Waals surface area contributed by atoms with E-state index in [1.54, 1.807) is 32.0 Å². The SMILES string of the molecule is C=C(C)N(CC12CC3(C)CC(C)(C1)CC(OCCNC(=O)OCc1ccc(NC(=O)[C@H](C)NC(=O)[C@@H](NC(=O)CNC(C)=O)C(C)C)cc1CC[C@@H]1O[C@H](C(=O)O)[C@@H](O)[C@H](O)[C@H]1O)(C3)C2)N(C)CC. The second kappa shape index (κ2) is 22.5. The number of nitrogens with one attached hydrogen (secondary N) is 5. The van der Waals surface area contributed by atoms with E-state index in [-0.39, 0.29) is 66.0 Å². The topological polar surface area (TPSA) is 278 Å². The zero-order valence-electron chi connectivity index (χ0n) is 41.8. The Kier molecular flexibility index (Phi) is 17.9. The number of hydrogen-bond acceptors (Lipinski definition) is 14. The number of hydrogen-bond donors (Lipinski definition) is 9. The summed E-state index contributed by atoms with van der Waals surface area (Å²) in [5, 5.41) is 58.6. The molecule has 1 aromatic carbocycles. The molecule has 20 heteroatoms. The molecule has 4 saturated carbocycles. The lowest BCUT2D eigenvalue weighted by atomic mass is 9.39. The van der Waals surface area contributed by atoms with Gasteiger partial charge in [-0.15, -0.1) is 0 Å². The van der Waals surface area contributed by atoms with E-state index in [0.29, 0.717) is 17.7 Å². The van der Waals surface area contributed by atoms with Gasteiger partial charge in [-0.25, -0.2) is 14.6 Å². The van der Waals surface area contributed by atoms with Gasteiger partial charge in [-0.2, -0.15) is 0 Å². The zero-order valence-corrected chi connectivity index (χ0v) is 41.8. The number of aliphatic hydroxyl groups is 3. The molecule has 69 heavy (non-hydrogen) atoms. The van der Waals surface area contributed by atoms with E-state index < -0.39 is 78.3 Å². The van der Waals surface area contributed by atoms with Crippen molar-refractivity contribution in [3.8, 4) is 0 Å².